The van der Waals surface area contributed by atoms with E-state index in [1.807, 2.05) is 0 Å². The van der Waals surface area contributed by atoms with Crippen molar-refractivity contribution in [2.45, 2.75) is 19.9 Å². The number of rotatable bonds is 2. The molecule has 0 unspecified atom stereocenters. The molecular formula is C9H17ClN2. The highest BCUT2D eigenvalue weighted by Crippen LogP contribution is 2.06. The molecule has 0 radical (unpaired) electrons. The van der Waals surface area contributed by atoms with Gasteiger partial charge in [0.1, 0.15) is 0 Å². The van der Waals surface area contributed by atoms with Gasteiger partial charge in [-0.1, -0.05) is 11.6 Å². The summed E-state index contributed by atoms with van der Waals surface area (Å²) in [6.45, 7) is 8.64. The van der Waals surface area contributed by atoms with E-state index in [4.69, 9.17) is 11.6 Å². The number of nitrogens with zero attached hydrogens (tertiary/aromatic N) is 1. The van der Waals surface area contributed by atoms with Crippen molar-refractivity contribution in [2.24, 2.45) is 0 Å². The number of halogens is 1. The van der Waals surface area contributed by atoms with Gasteiger partial charge in [-0.2, -0.15) is 0 Å². The molecule has 3 heteroatoms. The molecule has 1 aliphatic rings. The Balaban J connectivity index is 2.39. The molecule has 0 aromatic carbocycles. The first kappa shape index (κ1) is 10.0. The van der Waals surface area contributed by atoms with Crippen molar-refractivity contribution in [3.8, 4) is 0 Å². The number of piperazine rings is 1. The highest BCUT2D eigenvalue weighted by atomic mass is 35.5. The van der Waals surface area contributed by atoms with Crippen LogP contribution in [0.4, 0.5) is 0 Å². The lowest BCUT2D eigenvalue weighted by molar-refractivity contribution is 0.188. The predicted octanol–water partition coefficient (Wildman–Crippen LogP) is 1.42. The fraction of sp³-hybridized carbons (Fsp3) is 0.778. The molecule has 1 saturated heterocycles. The van der Waals surface area contributed by atoms with Gasteiger partial charge in [0.05, 0.1) is 0 Å². The third kappa shape index (κ3) is 2.77. The third-order valence-electron chi connectivity index (χ3n) is 2.28. The van der Waals surface area contributed by atoms with Crippen LogP contribution < -0.4 is 5.32 Å². The van der Waals surface area contributed by atoms with Gasteiger partial charge in [-0.25, -0.2) is 0 Å². The zero-order chi connectivity index (χ0) is 8.97. The van der Waals surface area contributed by atoms with Crippen LogP contribution in [-0.2, 0) is 0 Å². The lowest BCUT2D eigenvalue weighted by atomic mass is 10.2. The molecule has 0 bridgehead atoms. The molecule has 1 heterocycles. The molecule has 0 amide bonds. The second-order valence-corrected chi connectivity index (χ2v) is 3.70. The Morgan fingerprint density at radius 2 is 2.50 bits per heavy atom. The smallest absolute Gasteiger partial charge is 0.0205 e. The van der Waals surface area contributed by atoms with Crippen LogP contribution in [0.15, 0.2) is 11.1 Å². The largest absolute Gasteiger partial charge is 0.314 e. The van der Waals surface area contributed by atoms with Gasteiger partial charge in [-0.05, 0) is 19.4 Å². The monoisotopic (exact) mass is 188 g/mol. The lowest BCUT2D eigenvalue weighted by Crippen LogP contribution is -2.50. The lowest BCUT2D eigenvalue weighted by Gasteiger charge is -2.33. The van der Waals surface area contributed by atoms with E-state index >= 15 is 0 Å². The Hall–Kier alpha value is -0.0500. The van der Waals surface area contributed by atoms with Gasteiger partial charge in [0, 0.05) is 37.8 Å². The second-order valence-electron chi connectivity index (χ2n) is 3.48. The molecule has 1 aliphatic heterocycles. The quantitative estimate of drug-likeness (QED) is 0.706. The number of hydrogen-bond acceptors (Lipinski definition) is 2. The maximum atomic E-state index is 5.61. The highest BCUT2D eigenvalue weighted by molar-refractivity contribution is 6.25. The van der Waals surface area contributed by atoms with Crippen molar-refractivity contribution < 1.29 is 0 Å². The summed E-state index contributed by atoms with van der Waals surface area (Å²) >= 11 is 5.61. The standard InChI is InChI=1S/C9H17ClN2/c1-8(5-10)7-12-4-3-11-6-9(12)2/h5,9,11H,3-4,6-7H2,1-2H3/t9-/m1/s1. The average molecular weight is 189 g/mol. The summed E-state index contributed by atoms with van der Waals surface area (Å²) in [4.78, 5) is 2.45. The van der Waals surface area contributed by atoms with Crippen molar-refractivity contribution in [3.63, 3.8) is 0 Å². The van der Waals surface area contributed by atoms with Crippen molar-refractivity contribution >= 4 is 11.6 Å². The summed E-state index contributed by atoms with van der Waals surface area (Å²) in [5.74, 6) is 0. The van der Waals surface area contributed by atoms with E-state index in [1.165, 1.54) is 5.57 Å². The molecule has 0 aromatic rings. The van der Waals surface area contributed by atoms with Crippen LogP contribution in [0.2, 0.25) is 0 Å². The Morgan fingerprint density at radius 1 is 1.75 bits per heavy atom. The van der Waals surface area contributed by atoms with Crippen LogP contribution >= 0.6 is 11.6 Å². The Kier molecular flexibility index (Phi) is 4.06. The van der Waals surface area contributed by atoms with Gasteiger partial charge in [-0.15, -0.1) is 0 Å². The molecule has 1 rings (SSSR count). The van der Waals surface area contributed by atoms with E-state index in [0.717, 1.165) is 26.2 Å². The zero-order valence-electron chi connectivity index (χ0n) is 7.81. The molecule has 0 aliphatic carbocycles. The van der Waals surface area contributed by atoms with Crippen LogP contribution in [-0.4, -0.2) is 37.1 Å². The highest BCUT2D eigenvalue weighted by Gasteiger charge is 2.16. The summed E-state index contributed by atoms with van der Waals surface area (Å²) in [6, 6.07) is 0.630. The Morgan fingerprint density at radius 3 is 3.08 bits per heavy atom. The van der Waals surface area contributed by atoms with Crippen molar-refractivity contribution in [3.05, 3.63) is 11.1 Å². The van der Waals surface area contributed by atoms with Gasteiger partial charge in [0.2, 0.25) is 0 Å². The van der Waals surface area contributed by atoms with Crippen LogP contribution in [0, 0.1) is 0 Å². The van der Waals surface area contributed by atoms with Gasteiger partial charge in [-0.3, -0.25) is 4.90 Å². The Bertz CT molecular complexity index is 168. The average Bonchev–Trinajstić information content (AvgIpc) is 2.09. The van der Waals surface area contributed by atoms with E-state index in [1.54, 1.807) is 5.54 Å². The predicted molar refractivity (Wildman–Crippen MR) is 53.5 cm³/mol. The first-order chi connectivity index (χ1) is 5.74. The molecule has 1 fully saturated rings. The van der Waals surface area contributed by atoms with Gasteiger partial charge < -0.3 is 5.32 Å². The minimum atomic E-state index is 0.630. The Labute approximate surface area is 79.6 Å². The van der Waals surface area contributed by atoms with E-state index in [9.17, 15) is 0 Å². The molecule has 0 aromatic heterocycles. The summed E-state index contributed by atoms with van der Waals surface area (Å²) < 4.78 is 0. The van der Waals surface area contributed by atoms with E-state index < -0.39 is 0 Å². The fourth-order valence-electron chi connectivity index (χ4n) is 1.47. The molecule has 70 valence electrons. The van der Waals surface area contributed by atoms with Gasteiger partial charge in [0.25, 0.3) is 0 Å². The minimum absolute atomic E-state index is 0.630. The maximum absolute atomic E-state index is 5.61. The van der Waals surface area contributed by atoms with E-state index in [0.29, 0.717) is 6.04 Å². The summed E-state index contributed by atoms with van der Waals surface area (Å²) in [6.07, 6.45) is 0. The molecule has 1 atom stereocenters. The van der Waals surface area contributed by atoms with Gasteiger partial charge in [0.15, 0.2) is 0 Å². The maximum Gasteiger partial charge on any atom is 0.0205 e. The van der Waals surface area contributed by atoms with Crippen LogP contribution in [0.25, 0.3) is 0 Å². The molecule has 0 spiro atoms. The SMILES string of the molecule is CC(=CCl)CN1CCNC[C@H]1C. The first-order valence-corrected chi connectivity index (χ1v) is 4.88. The fourth-order valence-corrected chi connectivity index (χ4v) is 1.54. The molecule has 2 nitrogen and oxygen atoms in total. The van der Waals surface area contributed by atoms with Gasteiger partial charge >= 0.3 is 0 Å². The summed E-state index contributed by atoms with van der Waals surface area (Å²) in [7, 11) is 0. The summed E-state index contributed by atoms with van der Waals surface area (Å²) in [5.41, 5.74) is 2.92. The van der Waals surface area contributed by atoms with Crippen molar-refractivity contribution in [1.82, 2.24) is 10.2 Å². The third-order valence-corrected chi connectivity index (χ3v) is 2.65. The minimum Gasteiger partial charge on any atom is -0.314 e. The van der Waals surface area contributed by atoms with Crippen LogP contribution in [0.5, 0.6) is 0 Å². The first-order valence-electron chi connectivity index (χ1n) is 4.44. The molecular weight excluding hydrogens is 172 g/mol. The number of hydrogen-bond donors (Lipinski definition) is 1. The van der Waals surface area contributed by atoms with E-state index in [-0.39, 0.29) is 0 Å². The van der Waals surface area contributed by atoms with E-state index in [2.05, 4.69) is 24.1 Å². The molecule has 12 heavy (non-hydrogen) atoms. The molecule has 1 N–H and O–H groups in total. The second kappa shape index (κ2) is 4.85. The normalized spacial score (nSPS) is 27.6. The van der Waals surface area contributed by atoms with Crippen LogP contribution in [0.1, 0.15) is 13.8 Å². The molecule has 0 saturated carbocycles. The van der Waals surface area contributed by atoms with Crippen LogP contribution in [0.3, 0.4) is 0 Å². The van der Waals surface area contributed by atoms with Crippen molar-refractivity contribution in [1.29, 1.82) is 0 Å². The topological polar surface area (TPSA) is 15.3 Å². The number of nitrogens with one attached hydrogen (secondary N) is 1. The van der Waals surface area contributed by atoms with Crippen molar-refractivity contribution in [2.75, 3.05) is 26.2 Å². The zero-order valence-corrected chi connectivity index (χ0v) is 8.56. The summed E-state index contributed by atoms with van der Waals surface area (Å²) in [5, 5.41) is 3.36.